The molecule has 1 saturated carbocycles. The summed E-state index contributed by atoms with van der Waals surface area (Å²) < 4.78 is 6.40. The molecule has 3 saturated heterocycles. The zero-order valence-electron chi connectivity index (χ0n) is 14.0. The topological polar surface area (TPSA) is 15.7 Å². The van der Waals surface area contributed by atoms with Crippen molar-refractivity contribution in [3.8, 4) is 0 Å². The minimum absolute atomic E-state index is 0.371. The van der Waals surface area contributed by atoms with E-state index in [1.165, 1.54) is 38.9 Å². The van der Waals surface area contributed by atoms with Gasteiger partial charge in [0.25, 0.3) is 0 Å². The second kappa shape index (κ2) is 4.08. The van der Waals surface area contributed by atoms with Gasteiger partial charge in [-0.05, 0) is 43.4 Å². The van der Waals surface area contributed by atoms with Gasteiger partial charge in [-0.25, -0.2) is 0 Å². The van der Waals surface area contributed by atoms with Crippen LogP contribution < -0.4 is 4.90 Å². The van der Waals surface area contributed by atoms with Gasteiger partial charge >= 0.3 is 0 Å². The molecule has 3 heteroatoms. The summed E-state index contributed by atoms with van der Waals surface area (Å²) in [6.45, 7) is 4.52. The Bertz CT molecular complexity index is 773. The van der Waals surface area contributed by atoms with Crippen molar-refractivity contribution < 1.29 is 4.74 Å². The van der Waals surface area contributed by atoms with Crippen LogP contribution in [0.3, 0.4) is 0 Å². The van der Waals surface area contributed by atoms with Crippen LogP contribution in [-0.2, 0) is 10.2 Å². The van der Waals surface area contributed by atoms with Gasteiger partial charge in [0, 0.05) is 42.2 Å². The lowest BCUT2D eigenvalue weighted by atomic mass is 9.53. The molecule has 6 aliphatic rings. The summed E-state index contributed by atoms with van der Waals surface area (Å²) in [6, 6.07) is 10.8. The van der Waals surface area contributed by atoms with E-state index in [-0.39, 0.29) is 0 Å². The van der Waals surface area contributed by atoms with Gasteiger partial charge in [0.2, 0.25) is 0 Å². The van der Waals surface area contributed by atoms with Crippen molar-refractivity contribution in [1.82, 2.24) is 4.90 Å². The molecule has 7 rings (SSSR count). The molecule has 2 bridgehead atoms. The smallest absolute Gasteiger partial charge is 0.0654 e. The second-order valence-corrected chi connectivity index (χ2v) is 8.79. The first kappa shape index (κ1) is 13.0. The van der Waals surface area contributed by atoms with Gasteiger partial charge < -0.3 is 9.64 Å². The summed E-state index contributed by atoms with van der Waals surface area (Å²) in [4.78, 5) is 5.62. The standard InChI is InChI=1S/C21H24N2O/c1-2-4-16-15(3-1)21-7-9-22-12-13-6-10-24-17-5-8-23(16)20(21)19(17)14(13)11-18(21)22/h1-4,6,14,17-20H,5,7-12H2/t14-,17-,18+,19-,20-,21-/m0/s1. The zero-order chi connectivity index (χ0) is 15.5. The molecule has 24 heavy (non-hydrogen) atoms. The Morgan fingerprint density at radius 1 is 1.17 bits per heavy atom. The minimum atomic E-state index is 0.371. The average Bonchev–Trinajstić information content (AvgIpc) is 3.08. The van der Waals surface area contributed by atoms with Crippen molar-refractivity contribution in [3.63, 3.8) is 0 Å². The first-order valence-corrected chi connectivity index (χ1v) is 9.79. The molecule has 124 valence electrons. The van der Waals surface area contributed by atoms with Crippen LogP contribution in [-0.4, -0.2) is 49.3 Å². The highest BCUT2D eigenvalue weighted by molar-refractivity contribution is 5.67. The van der Waals surface area contributed by atoms with Crippen molar-refractivity contribution in [3.05, 3.63) is 41.5 Å². The number of piperidine rings is 2. The van der Waals surface area contributed by atoms with Crippen LogP contribution >= 0.6 is 0 Å². The van der Waals surface area contributed by atoms with Gasteiger partial charge in [-0.1, -0.05) is 29.8 Å². The third-order valence-electron chi connectivity index (χ3n) is 8.33. The van der Waals surface area contributed by atoms with Gasteiger partial charge in [0.15, 0.2) is 0 Å². The fourth-order valence-electron chi connectivity index (χ4n) is 7.68. The third kappa shape index (κ3) is 1.23. The number of nitrogens with zero attached hydrogens (tertiary/aromatic N) is 2. The Balaban J connectivity index is 1.53. The molecule has 6 atom stereocenters. The van der Waals surface area contributed by atoms with E-state index in [9.17, 15) is 0 Å². The Kier molecular flexibility index (Phi) is 2.20. The Morgan fingerprint density at radius 2 is 2.12 bits per heavy atom. The van der Waals surface area contributed by atoms with E-state index >= 15 is 0 Å². The van der Waals surface area contributed by atoms with Crippen LogP contribution in [0.1, 0.15) is 24.8 Å². The Hall–Kier alpha value is -1.32. The number of benzene rings is 1. The third-order valence-corrected chi connectivity index (χ3v) is 8.33. The van der Waals surface area contributed by atoms with Gasteiger partial charge in [0.05, 0.1) is 12.7 Å². The molecule has 0 radical (unpaired) electrons. The van der Waals surface area contributed by atoms with E-state index in [1.807, 2.05) is 0 Å². The lowest BCUT2D eigenvalue weighted by molar-refractivity contribution is -0.0566. The van der Waals surface area contributed by atoms with E-state index < -0.39 is 0 Å². The lowest BCUT2D eigenvalue weighted by Crippen LogP contribution is -2.68. The van der Waals surface area contributed by atoms with Crippen LogP contribution in [0.25, 0.3) is 0 Å². The normalized spacial score (nSPS) is 47.2. The summed E-state index contributed by atoms with van der Waals surface area (Å²) in [5, 5.41) is 0. The second-order valence-electron chi connectivity index (χ2n) is 8.79. The average molecular weight is 320 g/mol. The molecule has 0 unspecified atom stereocenters. The highest BCUT2D eigenvalue weighted by Crippen LogP contribution is 2.65. The molecular weight excluding hydrogens is 296 g/mol. The van der Waals surface area contributed by atoms with Gasteiger partial charge in [-0.2, -0.15) is 0 Å². The van der Waals surface area contributed by atoms with Crippen molar-refractivity contribution >= 4 is 5.69 Å². The summed E-state index contributed by atoms with van der Waals surface area (Å²) in [5.41, 5.74) is 5.28. The Morgan fingerprint density at radius 3 is 3.12 bits per heavy atom. The van der Waals surface area contributed by atoms with Crippen LogP contribution in [0.15, 0.2) is 35.9 Å². The SMILES string of the molecule is C1=C2CN3CC[C@@]45c6ccccc6N6CC[C@H](OC1)[C@@H]([C@H]64)[C@H]2C[C@@H]35. The number of para-hydroxylation sites is 1. The monoisotopic (exact) mass is 320 g/mol. The van der Waals surface area contributed by atoms with Gasteiger partial charge in [-0.15, -0.1) is 0 Å². The quantitative estimate of drug-likeness (QED) is 0.683. The predicted molar refractivity (Wildman–Crippen MR) is 93.3 cm³/mol. The van der Waals surface area contributed by atoms with Crippen molar-refractivity contribution in [1.29, 1.82) is 0 Å². The molecule has 0 amide bonds. The maximum Gasteiger partial charge on any atom is 0.0654 e. The summed E-state index contributed by atoms with van der Waals surface area (Å²) in [7, 11) is 0. The number of hydrogen-bond donors (Lipinski definition) is 0. The van der Waals surface area contributed by atoms with E-state index in [2.05, 4.69) is 40.1 Å². The molecule has 1 spiro atoms. The number of fused-ring (bicyclic) bond motifs is 2. The molecule has 5 heterocycles. The van der Waals surface area contributed by atoms with E-state index in [4.69, 9.17) is 4.74 Å². The minimum Gasteiger partial charge on any atom is -0.374 e. The zero-order valence-corrected chi connectivity index (χ0v) is 14.0. The van der Waals surface area contributed by atoms with Crippen molar-refractivity contribution in [2.45, 2.75) is 42.9 Å². The summed E-state index contributed by atoms with van der Waals surface area (Å²) in [6.07, 6.45) is 6.84. The molecule has 3 nitrogen and oxygen atoms in total. The van der Waals surface area contributed by atoms with Crippen molar-refractivity contribution in [2.75, 3.05) is 31.1 Å². The van der Waals surface area contributed by atoms with Crippen LogP contribution in [0, 0.1) is 11.8 Å². The largest absolute Gasteiger partial charge is 0.374 e. The molecule has 4 fully saturated rings. The Labute approximate surface area is 143 Å². The molecule has 1 aromatic rings. The molecule has 0 aromatic heterocycles. The number of hydrogen-bond acceptors (Lipinski definition) is 3. The number of rotatable bonds is 0. The van der Waals surface area contributed by atoms with Crippen molar-refractivity contribution in [2.24, 2.45) is 11.8 Å². The number of ether oxygens (including phenoxy) is 1. The molecular formula is C21H24N2O. The highest BCUT2D eigenvalue weighted by atomic mass is 16.5. The van der Waals surface area contributed by atoms with Crippen LogP contribution in [0.2, 0.25) is 0 Å². The molecule has 1 aromatic carbocycles. The van der Waals surface area contributed by atoms with E-state index in [0.29, 0.717) is 23.5 Å². The molecule has 5 aliphatic heterocycles. The highest BCUT2D eigenvalue weighted by Gasteiger charge is 2.69. The fourth-order valence-corrected chi connectivity index (χ4v) is 7.68. The van der Waals surface area contributed by atoms with Crippen LogP contribution in [0.5, 0.6) is 0 Å². The fraction of sp³-hybridized carbons (Fsp3) is 0.619. The molecule has 1 aliphatic carbocycles. The first-order valence-electron chi connectivity index (χ1n) is 9.79. The van der Waals surface area contributed by atoms with E-state index in [0.717, 1.165) is 18.6 Å². The summed E-state index contributed by atoms with van der Waals surface area (Å²) in [5.74, 6) is 1.48. The first-order chi connectivity index (χ1) is 11.9. The number of anilines is 1. The molecule has 0 N–H and O–H groups in total. The van der Waals surface area contributed by atoms with E-state index in [1.54, 1.807) is 16.8 Å². The summed E-state index contributed by atoms with van der Waals surface area (Å²) >= 11 is 0. The van der Waals surface area contributed by atoms with Crippen LogP contribution in [0.4, 0.5) is 5.69 Å². The maximum atomic E-state index is 6.40. The maximum absolute atomic E-state index is 6.40. The predicted octanol–water partition coefficient (Wildman–Crippen LogP) is 2.57. The van der Waals surface area contributed by atoms with Gasteiger partial charge in [-0.3, -0.25) is 4.90 Å². The lowest BCUT2D eigenvalue weighted by Gasteiger charge is -2.59. The van der Waals surface area contributed by atoms with Gasteiger partial charge in [0.1, 0.15) is 0 Å².